The van der Waals surface area contributed by atoms with Gasteiger partial charge >= 0.3 is 0 Å². The van der Waals surface area contributed by atoms with E-state index in [0.29, 0.717) is 0 Å². The van der Waals surface area contributed by atoms with E-state index in [0.717, 1.165) is 13.0 Å². The largest absolute Gasteiger partial charge is 0.760 e. The van der Waals surface area contributed by atoms with Crippen molar-refractivity contribution in [2.45, 2.75) is 13.3 Å². The Kier molecular flexibility index (Phi) is 8.32. The van der Waals surface area contributed by atoms with E-state index in [1.807, 2.05) is 18.2 Å². The number of amides is 1. The van der Waals surface area contributed by atoms with Gasteiger partial charge in [0.25, 0.3) is 0 Å². The van der Waals surface area contributed by atoms with Gasteiger partial charge in [-0.25, -0.2) is 0 Å². The average molecular weight is 243 g/mol. The minimum atomic E-state index is -2.36. The van der Waals surface area contributed by atoms with E-state index in [-0.39, 0.29) is 5.91 Å². The second-order valence-electron chi connectivity index (χ2n) is 2.98. The molecular formula is C10H15N2O3S-. The Morgan fingerprint density at radius 1 is 1.44 bits per heavy atom. The van der Waals surface area contributed by atoms with Crippen LogP contribution in [0.1, 0.15) is 12.5 Å². The van der Waals surface area contributed by atoms with Gasteiger partial charge in [-0.15, -0.1) is 0 Å². The highest BCUT2D eigenvalue weighted by Crippen LogP contribution is 1.97. The summed E-state index contributed by atoms with van der Waals surface area (Å²) < 4.78 is 17.6. The van der Waals surface area contributed by atoms with Crippen molar-refractivity contribution in [2.24, 2.45) is 5.14 Å². The highest BCUT2D eigenvalue weighted by atomic mass is 32.2. The van der Waals surface area contributed by atoms with Crippen LogP contribution in [0, 0.1) is 0 Å². The number of hydrogen-bond donors (Lipinski definition) is 2. The lowest BCUT2D eigenvalue weighted by atomic mass is 10.1. The third kappa shape index (κ3) is 10.8. The number of rotatable bonds is 3. The SMILES string of the molecule is CC(=O)NCCc1ccccc1.NS(=O)[O-]. The van der Waals surface area contributed by atoms with Gasteiger partial charge in [-0.3, -0.25) is 14.1 Å². The molecule has 0 aromatic heterocycles. The first-order valence-corrected chi connectivity index (χ1v) is 5.78. The van der Waals surface area contributed by atoms with E-state index in [1.165, 1.54) is 12.5 Å². The lowest BCUT2D eigenvalue weighted by Gasteiger charge is -2.01. The predicted molar refractivity (Wildman–Crippen MR) is 61.9 cm³/mol. The van der Waals surface area contributed by atoms with E-state index < -0.39 is 11.3 Å². The maximum Gasteiger partial charge on any atom is 0.216 e. The van der Waals surface area contributed by atoms with Crippen LogP contribution in [0.3, 0.4) is 0 Å². The van der Waals surface area contributed by atoms with Crippen LogP contribution in [-0.2, 0) is 22.5 Å². The summed E-state index contributed by atoms with van der Waals surface area (Å²) >= 11 is -2.36. The van der Waals surface area contributed by atoms with E-state index in [2.05, 4.69) is 22.6 Å². The van der Waals surface area contributed by atoms with Gasteiger partial charge in [-0.1, -0.05) is 30.3 Å². The summed E-state index contributed by atoms with van der Waals surface area (Å²) in [5.74, 6) is 0.0333. The van der Waals surface area contributed by atoms with Crippen LogP contribution in [-0.4, -0.2) is 21.2 Å². The molecule has 0 aliphatic rings. The molecule has 0 aliphatic heterocycles. The molecule has 0 heterocycles. The molecule has 1 aromatic rings. The van der Waals surface area contributed by atoms with Gasteiger partial charge < -0.3 is 9.87 Å². The molecule has 0 spiro atoms. The van der Waals surface area contributed by atoms with E-state index in [9.17, 15) is 4.79 Å². The molecule has 1 rings (SSSR count). The Bertz CT molecular complexity index is 326. The molecule has 1 aromatic carbocycles. The third-order valence-corrected chi connectivity index (χ3v) is 1.63. The third-order valence-electron chi connectivity index (χ3n) is 1.63. The Balaban J connectivity index is 0.000000487. The maximum absolute atomic E-state index is 10.5. The summed E-state index contributed by atoms with van der Waals surface area (Å²) in [5.41, 5.74) is 1.26. The smallest absolute Gasteiger partial charge is 0.216 e. The van der Waals surface area contributed by atoms with Crippen LogP contribution in [0.5, 0.6) is 0 Å². The van der Waals surface area contributed by atoms with E-state index in [1.54, 1.807) is 0 Å². The number of hydrogen-bond acceptors (Lipinski definition) is 3. The molecule has 0 radical (unpaired) electrons. The zero-order chi connectivity index (χ0) is 12.4. The monoisotopic (exact) mass is 243 g/mol. The molecule has 0 bridgehead atoms. The van der Waals surface area contributed by atoms with Crippen LogP contribution in [0.4, 0.5) is 0 Å². The molecule has 16 heavy (non-hydrogen) atoms. The fourth-order valence-electron chi connectivity index (χ4n) is 1.03. The first kappa shape index (κ1) is 14.8. The molecule has 1 amide bonds. The van der Waals surface area contributed by atoms with Crippen molar-refractivity contribution in [3.8, 4) is 0 Å². The molecule has 0 aliphatic carbocycles. The summed E-state index contributed by atoms with van der Waals surface area (Å²) in [4.78, 5) is 10.5. The summed E-state index contributed by atoms with van der Waals surface area (Å²) in [5, 5.41) is 6.78. The Hall–Kier alpha value is -1.24. The summed E-state index contributed by atoms with van der Waals surface area (Å²) in [6, 6.07) is 10.1. The number of nitrogens with one attached hydrogen (secondary N) is 1. The van der Waals surface area contributed by atoms with Gasteiger partial charge in [0.05, 0.1) is 0 Å². The van der Waals surface area contributed by atoms with Gasteiger partial charge in [0.15, 0.2) is 0 Å². The van der Waals surface area contributed by atoms with Crippen molar-refractivity contribution in [2.75, 3.05) is 6.54 Å². The lowest BCUT2D eigenvalue weighted by Crippen LogP contribution is -2.22. The molecule has 6 heteroatoms. The van der Waals surface area contributed by atoms with Gasteiger partial charge in [0, 0.05) is 24.7 Å². The molecule has 0 saturated carbocycles. The molecule has 3 N–H and O–H groups in total. The van der Waals surface area contributed by atoms with Crippen LogP contribution >= 0.6 is 0 Å². The summed E-state index contributed by atoms with van der Waals surface area (Å²) in [7, 11) is 0. The lowest BCUT2D eigenvalue weighted by molar-refractivity contribution is -0.118. The molecule has 90 valence electrons. The van der Waals surface area contributed by atoms with E-state index in [4.69, 9.17) is 8.76 Å². The maximum atomic E-state index is 10.5. The standard InChI is InChI=1S/C10H13NO.H3NO2S/c1-9(12)11-8-7-10-5-3-2-4-6-10;1-4(2)3/h2-6H,7-8H2,1H3,(H,11,12);1H2,(H,2,3)/p-1. The fourth-order valence-corrected chi connectivity index (χ4v) is 1.03. The molecule has 0 fully saturated rings. The number of nitrogens with two attached hydrogens (primary N) is 1. The Labute approximate surface area is 97.5 Å². The fraction of sp³-hybridized carbons (Fsp3) is 0.300. The van der Waals surface area contributed by atoms with Crippen LogP contribution in [0.15, 0.2) is 30.3 Å². The molecule has 1 atom stereocenters. The second-order valence-corrected chi connectivity index (χ2v) is 3.50. The van der Waals surface area contributed by atoms with Gasteiger partial charge in [-0.05, 0) is 12.0 Å². The quantitative estimate of drug-likeness (QED) is 0.737. The van der Waals surface area contributed by atoms with Crippen molar-refractivity contribution in [1.29, 1.82) is 0 Å². The number of benzene rings is 1. The minimum Gasteiger partial charge on any atom is -0.760 e. The highest BCUT2D eigenvalue weighted by molar-refractivity contribution is 7.76. The van der Waals surface area contributed by atoms with Gasteiger partial charge in [-0.2, -0.15) is 0 Å². The van der Waals surface area contributed by atoms with Crippen molar-refractivity contribution < 1.29 is 13.6 Å². The van der Waals surface area contributed by atoms with Gasteiger partial charge in [0.2, 0.25) is 5.91 Å². The topological polar surface area (TPSA) is 95.2 Å². The Morgan fingerprint density at radius 3 is 2.38 bits per heavy atom. The first-order chi connectivity index (χ1) is 7.52. The van der Waals surface area contributed by atoms with Crippen LogP contribution < -0.4 is 10.5 Å². The molecular weight excluding hydrogens is 228 g/mol. The van der Waals surface area contributed by atoms with Crippen molar-refractivity contribution in [3.05, 3.63) is 35.9 Å². The zero-order valence-electron chi connectivity index (χ0n) is 9.01. The van der Waals surface area contributed by atoms with Gasteiger partial charge in [0.1, 0.15) is 0 Å². The first-order valence-electron chi connectivity index (χ1n) is 4.64. The summed E-state index contributed by atoms with van der Waals surface area (Å²) in [6.07, 6.45) is 0.903. The van der Waals surface area contributed by atoms with Crippen LogP contribution in [0.25, 0.3) is 0 Å². The zero-order valence-corrected chi connectivity index (χ0v) is 9.83. The van der Waals surface area contributed by atoms with E-state index >= 15 is 0 Å². The minimum absolute atomic E-state index is 0.0333. The molecule has 5 nitrogen and oxygen atoms in total. The normalized spacial score (nSPS) is 10.9. The molecule has 1 unspecified atom stereocenters. The van der Waals surface area contributed by atoms with Crippen LogP contribution in [0.2, 0.25) is 0 Å². The van der Waals surface area contributed by atoms with Crippen molar-refractivity contribution in [3.63, 3.8) is 0 Å². The average Bonchev–Trinajstić information content (AvgIpc) is 2.18. The predicted octanol–water partition coefficient (Wildman–Crippen LogP) is 0.104. The van der Waals surface area contributed by atoms with Crippen molar-refractivity contribution >= 4 is 17.2 Å². The molecule has 0 saturated heterocycles. The highest BCUT2D eigenvalue weighted by Gasteiger charge is 1.92. The number of carbonyl (C=O) groups is 1. The second kappa shape index (κ2) is 9.02. The Morgan fingerprint density at radius 2 is 1.94 bits per heavy atom. The number of carbonyl (C=O) groups excluding carboxylic acids is 1. The van der Waals surface area contributed by atoms with Crippen molar-refractivity contribution in [1.82, 2.24) is 5.32 Å². The summed E-state index contributed by atoms with van der Waals surface area (Å²) in [6.45, 7) is 2.25.